The van der Waals surface area contributed by atoms with E-state index in [2.05, 4.69) is 4.99 Å². The van der Waals surface area contributed by atoms with Crippen molar-refractivity contribution in [2.45, 2.75) is 23.6 Å². The zero-order valence-electron chi connectivity index (χ0n) is 25.7. The number of carbonyl (C=O) groups is 1. The van der Waals surface area contributed by atoms with Crippen LogP contribution in [0.1, 0.15) is 27.0 Å². The average Bonchev–Trinajstić information content (AvgIpc) is 3.01. The molecule has 0 aromatic heterocycles. The molecule has 5 aromatic rings. The van der Waals surface area contributed by atoms with Gasteiger partial charge in [-0.2, -0.15) is 16.8 Å². The smallest absolute Gasteiger partial charge is 0.343 e. The lowest BCUT2D eigenvalue weighted by Crippen LogP contribution is -2.21. The summed E-state index contributed by atoms with van der Waals surface area (Å²) < 4.78 is 64.5. The van der Waals surface area contributed by atoms with Crippen LogP contribution < -0.4 is 21.9 Å². The number of nitrogens with one attached hydrogen (secondary N) is 1. The van der Waals surface area contributed by atoms with Gasteiger partial charge in [-0.3, -0.25) is 14.5 Å². The third-order valence-corrected chi connectivity index (χ3v) is 8.07. The number of nitrogens with zero attached hydrogens (tertiary/aromatic N) is 1. The minimum absolute atomic E-state index is 0.00609. The second-order valence-electron chi connectivity index (χ2n) is 10.2. The van der Waals surface area contributed by atoms with E-state index in [-0.39, 0.29) is 21.6 Å². The van der Waals surface area contributed by atoms with Crippen LogP contribution in [0.4, 0.5) is 5.69 Å². The number of hydrogen-bond acceptors (Lipinski definition) is 8. The monoisotopic (exact) mass is 691 g/mol. The van der Waals surface area contributed by atoms with E-state index in [1.54, 1.807) is 66.7 Å². The number of aliphatic imine (C=N–C) groups is 1. The summed E-state index contributed by atoms with van der Waals surface area (Å²) in [6.45, 7) is 3.68. The predicted octanol–water partition coefficient (Wildman–Crippen LogP) is 4.73. The highest BCUT2D eigenvalue weighted by atomic mass is 32.2. The fourth-order valence-corrected chi connectivity index (χ4v) is 4.82. The number of amidine groups is 1. The number of aryl methyl sites for hydroxylation is 2. The van der Waals surface area contributed by atoms with Crippen LogP contribution in [0.3, 0.4) is 0 Å². The van der Waals surface area contributed by atoms with Gasteiger partial charge >= 0.3 is 5.97 Å². The van der Waals surface area contributed by atoms with Gasteiger partial charge in [0.25, 0.3) is 20.2 Å². The van der Waals surface area contributed by atoms with E-state index < -0.39 is 26.2 Å². The molecule has 0 amide bonds. The number of guanidine groups is 1. The third kappa shape index (κ3) is 11.3. The second kappa shape index (κ2) is 15.8. The lowest BCUT2D eigenvalue weighted by atomic mass is 10.1. The molecule has 48 heavy (non-hydrogen) atoms. The topological polar surface area (TPSA) is 249 Å². The Balaban J connectivity index is 0.000000233. The maximum absolute atomic E-state index is 12.3. The van der Waals surface area contributed by atoms with Crippen LogP contribution in [0.15, 0.2) is 124 Å². The van der Waals surface area contributed by atoms with E-state index in [0.717, 1.165) is 21.9 Å². The molecule has 0 atom stereocenters. The van der Waals surface area contributed by atoms with Crippen LogP contribution >= 0.6 is 0 Å². The number of nitrogen functional groups attached to an aromatic ring is 1. The molecule has 15 heteroatoms. The van der Waals surface area contributed by atoms with Crippen molar-refractivity contribution in [2.24, 2.45) is 22.2 Å². The minimum atomic E-state index is -4.02. The third-order valence-electron chi connectivity index (χ3n) is 6.33. The van der Waals surface area contributed by atoms with E-state index in [1.807, 2.05) is 32.0 Å². The molecule has 13 nitrogen and oxygen atoms in total. The predicted molar refractivity (Wildman–Crippen MR) is 184 cm³/mol. The molecular weight excluding hydrogens is 659 g/mol. The molecule has 0 heterocycles. The van der Waals surface area contributed by atoms with Gasteiger partial charge in [-0.05, 0) is 91.3 Å². The molecule has 5 aromatic carbocycles. The molecule has 250 valence electrons. The molecule has 0 aliphatic heterocycles. The van der Waals surface area contributed by atoms with Crippen LogP contribution in [-0.2, 0) is 20.2 Å². The molecule has 0 bridgehead atoms. The molecule has 9 N–H and O–H groups in total. The summed E-state index contributed by atoms with van der Waals surface area (Å²) in [5, 5.41) is 9.26. The van der Waals surface area contributed by atoms with Crippen LogP contribution in [0.2, 0.25) is 0 Å². The molecule has 5 rings (SSSR count). The number of fused-ring (bicyclic) bond motifs is 1. The maximum Gasteiger partial charge on any atom is 0.343 e. The van der Waals surface area contributed by atoms with Gasteiger partial charge in [-0.25, -0.2) is 9.79 Å². The van der Waals surface area contributed by atoms with E-state index in [1.165, 1.54) is 24.3 Å². The summed E-state index contributed by atoms with van der Waals surface area (Å²) in [5.41, 5.74) is 19.6. The van der Waals surface area contributed by atoms with Gasteiger partial charge in [0.1, 0.15) is 11.6 Å². The fourth-order valence-electron chi connectivity index (χ4n) is 3.86. The number of carbonyl (C=O) groups excluding carboxylic acids is 1. The van der Waals surface area contributed by atoms with Crippen LogP contribution in [0.25, 0.3) is 10.8 Å². The Hall–Kier alpha value is -5.61. The molecule has 0 fully saturated rings. The highest BCUT2D eigenvalue weighted by molar-refractivity contribution is 7.86. The van der Waals surface area contributed by atoms with Gasteiger partial charge in [0.05, 0.1) is 21.0 Å². The molecule has 0 saturated carbocycles. The highest BCUT2D eigenvalue weighted by Crippen LogP contribution is 2.23. The Morgan fingerprint density at radius 2 is 1.08 bits per heavy atom. The Morgan fingerprint density at radius 1 is 0.646 bits per heavy atom. The first-order chi connectivity index (χ1) is 22.4. The standard InChI is InChI=1S/C19H17N5O2.2C7H8O3S/c20-17(21)14-2-1-13-10-16(8-5-12(13)9-14)26-18(25)11-3-6-15(7-4-11)24-19(22)23;2*1-6-2-4-7(5-3-6)11(8,9)10/h1-10H,(H3,20,21)(H4,22,23,24);2*2-5H,1H3,(H,8,9,10). The highest BCUT2D eigenvalue weighted by Gasteiger charge is 2.10. The number of esters is 1. The minimum Gasteiger partial charge on any atom is -0.423 e. The Labute approximate surface area is 277 Å². The first-order valence-electron chi connectivity index (χ1n) is 13.8. The van der Waals surface area contributed by atoms with E-state index >= 15 is 0 Å². The second-order valence-corrected chi connectivity index (χ2v) is 13.0. The number of benzene rings is 5. The summed E-state index contributed by atoms with van der Waals surface area (Å²) >= 11 is 0. The van der Waals surface area contributed by atoms with Gasteiger partial charge in [-0.1, -0.05) is 53.6 Å². The zero-order valence-corrected chi connectivity index (χ0v) is 27.4. The summed E-state index contributed by atoms with van der Waals surface area (Å²) in [6, 6.07) is 29.0. The zero-order chi connectivity index (χ0) is 35.6. The molecule has 0 radical (unpaired) electrons. The number of hydrogen-bond donors (Lipinski definition) is 6. The number of rotatable bonds is 6. The number of nitrogens with two attached hydrogens (primary N) is 3. The van der Waals surface area contributed by atoms with Crippen molar-refractivity contribution >= 4 is 54.5 Å². The molecule has 0 aliphatic carbocycles. The summed E-state index contributed by atoms with van der Waals surface area (Å²) in [7, 11) is -8.04. The van der Waals surface area contributed by atoms with Crippen molar-refractivity contribution in [1.82, 2.24) is 0 Å². The van der Waals surface area contributed by atoms with Crippen molar-refractivity contribution < 1.29 is 35.5 Å². The van der Waals surface area contributed by atoms with Crippen LogP contribution in [-0.4, -0.2) is 43.7 Å². The van der Waals surface area contributed by atoms with Crippen LogP contribution in [0, 0.1) is 19.3 Å². The molecule has 0 aliphatic rings. The van der Waals surface area contributed by atoms with Crippen molar-refractivity contribution in [1.29, 1.82) is 5.41 Å². The van der Waals surface area contributed by atoms with E-state index in [9.17, 15) is 21.6 Å². The fraction of sp³-hybridized carbons (Fsp3) is 0.0606. The first kappa shape index (κ1) is 36.9. The SMILES string of the molecule is Cc1ccc(S(=O)(=O)O)cc1.Cc1ccc(S(=O)(=O)O)cc1.N=C(N)c1ccc2cc(OC(=O)c3ccc(N=C(N)N)cc3)ccc2c1. The largest absolute Gasteiger partial charge is 0.423 e. The van der Waals surface area contributed by atoms with Gasteiger partial charge < -0.3 is 21.9 Å². The van der Waals surface area contributed by atoms with Gasteiger partial charge in [0.2, 0.25) is 0 Å². The number of ether oxygens (including phenoxy) is 1. The lowest BCUT2D eigenvalue weighted by molar-refractivity contribution is 0.0735. The Kier molecular flexibility index (Phi) is 12.1. The molecule has 0 saturated heterocycles. The normalized spacial score (nSPS) is 10.8. The molecule has 0 spiro atoms. The lowest BCUT2D eigenvalue weighted by Gasteiger charge is -2.07. The quantitative estimate of drug-likeness (QED) is 0.0467. The van der Waals surface area contributed by atoms with Gasteiger partial charge in [-0.15, -0.1) is 0 Å². The van der Waals surface area contributed by atoms with E-state index in [4.69, 9.17) is 36.5 Å². The van der Waals surface area contributed by atoms with Gasteiger partial charge in [0.15, 0.2) is 5.96 Å². The summed E-state index contributed by atoms with van der Waals surface area (Å²) in [5.74, 6) is -0.108. The van der Waals surface area contributed by atoms with E-state index in [0.29, 0.717) is 22.6 Å². The van der Waals surface area contributed by atoms with Crippen molar-refractivity contribution in [2.75, 3.05) is 0 Å². The maximum atomic E-state index is 12.3. The molecule has 0 unspecified atom stereocenters. The first-order valence-corrected chi connectivity index (χ1v) is 16.7. The summed E-state index contributed by atoms with van der Waals surface area (Å²) in [6.07, 6.45) is 0. The van der Waals surface area contributed by atoms with Gasteiger partial charge in [0, 0.05) is 5.56 Å². The summed E-state index contributed by atoms with van der Waals surface area (Å²) in [4.78, 5) is 16.0. The Morgan fingerprint density at radius 3 is 1.52 bits per heavy atom. The van der Waals surface area contributed by atoms with Crippen molar-refractivity contribution in [3.05, 3.63) is 131 Å². The van der Waals surface area contributed by atoms with Crippen molar-refractivity contribution in [3.63, 3.8) is 0 Å². The van der Waals surface area contributed by atoms with Crippen LogP contribution in [0.5, 0.6) is 5.75 Å². The average molecular weight is 692 g/mol. The Bertz CT molecular complexity index is 2090. The molecular formula is C33H33N5O8S2. The van der Waals surface area contributed by atoms with Crippen molar-refractivity contribution in [3.8, 4) is 5.75 Å².